The van der Waals surface area contributed by atoms with Gasteiger partial charge in [-0.2, -0.15) is 0 Å². The van der Waals surface area contributed by atoms with E-state index in [0.717, 1.165) is 24.5 Å². The van der Waals surface area contributed by atoms with E-state index in [1.165, 1.54) is 12.8 Å². The molecule has 0 atom stereocenters. The van der Waals surface area contributed by atoms with Crippen molar-refractivity contribution >= 4 is 29.9 Å². The molecule has 0 radical (unpaired) electrons. The molecule has 0 aliphatic heterocycles. The van der Waals surface area contributed by atoms with Crippen LogP contribution in [0.4, 0.5) is 0 Å². The second-order valence-corrected chi connectivity index (χ2v) is 5.16. The highest BCUT2D eigenvalue weighted by Gasteiger charge is 2.22. The van der Waals surface area contributed by atoms with Crippen molar-refractivity contribution in [2.45, 2.75) is 25.3 Å². The molecule has 23 heavy (non-hydrogen) atoms. The van der Waals surface area contributed by atoms with Gasteiger partial charge in [-0.3, -0.25) is 4.99 Å². The van der Waals surface area contributed by atoms with E-state index in [-0.39, 0.29) is 24.0 Å². The lowest BCUT2D eigenvalue weighted by Crippen LogP contribution is -2.39. The number of nitrogens with zero attached hydrogens (tertiary/aromatic N) is 1. The fraction of sp³-hybridized carbons (Fsp3) is 0.562. The van der Waals surface area contributed by atoms with E-state index in [1.54, 1.807) is 28.4 Å². The first kappa shape index (κ1) is 19.7. The lowest BCUT2D eigenvalue weighted by atomic mass is 10.1. The summed E-state index contributed by atoms with van der Waals surface area (Å²) in [7, 11) is 6.66. The van der Waals surface area contributed by atoms with E-state index in [4.69, 9.17) is 14.2 Å². The first-order valence-electron chi connectivity index (χ1n) is 7.48. The van der Waals surface area contributed by atoms with Crippen LogP contribution in [0, 0.1) is 0 Å². The highest BCUT2D eigenvalue weighted by Crippen LogP contribution is 2.39. The van der Waals surface area contributed by atoms with Crippen LogP contribution in [0.25, 0.3) is 0 Å². The summed E-state index contributed by atoms with van der Waals surface area (Å²) < 4.78 is 16.2. The van der Waals surface area contributed by atoms with Crippen LogP contribution in [0.2, 0.25) is 0 Å². The topological polar surface area (TPSA) is 64.1 Å². The Bertz CT molecular complexity index is 534. The van der Waals surface area contributed by atoms with E-state index in [9.17, 15) is 0 Å². The maximum Gasteiger partial charge on any atom is 0.203 e. The van der Waals surface area contributed by atoms with Crippen molar-refractivity contribution in [3.63, 3.8) is 0 Å². The zero-order valence-corrected chi connectivity index (χ0v) is 16.5. The van der Waals surface area contributed by atoms with Crippen LogP contribution in [0.5, 0.6) is 17.2 Å². The number of ether oxygens (including phenoxy) is 3. The summed E-state index contributed by atoms with van der Waals surface area (Å²) >= 11 is 0. The second kappa shape index (κ2) is 9.69. The Morgan fingerprint density at radius 2 is 1.83 bits per heavy atom. The first-order valence-corrected chi connectivity index (χ1v) is 7.48. The van der Waals surface area contributed by atoms with Crippen LogP contribution in [0.15, 0.2) is 17.1 Å². The molecule has 0 unspecified atom stereocenters. The minimum atomic E-state index is 0. The van der Waals surface area contributed by atoms with Crippen molar-refractivity contribution in [2.24, 2.45) is 4.99 Å². The molecule has 1 aliphatic carbocycles. The van der Waals surface area contributed by atoms with Crippen molar-refractivity contribution in [3.05, 3.63) is 17.7 Å². The second-order valence-electron chi connectivity index (χ2n) is 5.16. The van der Waals surface area contributed by atoms with Gasteiger partial charge in [-0.05, 0) is 25.3 Å². The summed E-state index contributed by atoms with van der Waals surface area (Å²) in [6.45, 7) is 0.762. The molecule has 1 saturated carbocycles. The summed E-state index contributed by atoms with van der Waals surface area (Å²) in [5, 5.41) is 6.68. The summed E-state index contributed by atoms with van der Waals surface area (Å²) in [6.07, 6.45) is 3.25. The molecule has 0 bridgehead atoms. The van der Waals surface area contributed by atoms with E-state index < -0.39 is 0 Å². The van der Waals surface area contributed by atoms with Gasteiger partial charge in [0.05, 0.1) is 21.3 Å². The number of rotatable bonds is 7. The number of methoxy groups -OCH3 is 3. The van der Waals surface area contributed by atoms with Crippen LogP contribution in [0.1, 0.15) is 18.4 Å². The number of halogens is 1. The standard InChI is InChI=1S/C16H25N3O3.HI/c1-17-16(19-12-6-7-12)18-10-9-11-5-8-13(20-2)15(22-4)14(11)21-3;/h5,8,12H,6-7,9-10H2,1-4H3,(H2,17,18,19);1H. The van der Waals surface area contributed by atoms with Crippen LogP contribution in [0.3, 0.4) is 0 Å². The Kier molecular flexibility index (Phi) is 8.29. The minimum Gasteiger partial charge on any atom is -0.493 e. The Balaban J connectivity index is 0.00000264. The average molecular weight is 435 g/mol. The van der Waals surface area contributed by atoms with Gasteiger partial charge in [0, 0.05) is 25.2 Å². The molecule has 6 nitrogen and oxygen atoms in total. The van der Waals surface area contributed by atoms with Gasteiger partial charge in [-0.25, -0.2) is 0 Å². The van der Waals surface area contributed by atoms with Crippen molar-refractivity contribution in [1.82, 2.24) is 10.6 Å². The minimum absolute atomic E-state index is 0. The molecule has 7 heteroatoms. The number of guanidine groups is 1. The van der Waals surface area contributed by atoms with Gasteiger partial charge in [-0.1, -0.05) is 6.07 Å². The zero-order chi connectivity index (χ0) is 15.9. The predicted molar refractivity (Wildman–Crippen MR) is 103 cm³/mol. The molecule has 0 heterocycles. The number of hydrogen-bond donors (Lipinski definition) is 2. The van der Waals surface area contributed by atoms with Crippen LogP contribution < -0.4 is 24.8 Å². The van der Waals surface area contributed by atoms with Crippen molar-refractivity contribution in [2.75, 3.05) is 34.9 Å². The van der Waals surface area contributed by atoms with Gasteiger partial charge in [-0.15, -0.1) is 24.0 Å². The summed E-state index contributed by atoms with van der Waals surface area (Å²) in [5.74, 6) is 2.86. The third-order valence-corrected chi connectivity index (χ3v) is 3.61. The molecule has 0 spiro atoms. The largest absolute Gasteiger partial charge is 0.493 e. The molecule has 0 saturated heterocycles. The van der Waals surface area contributed by atoms with Crippen molar-refractivity contribution < 1.29 is 14.2 Å². The fourth-order valence-electron chi connectivity index (χ4n) is 2.29. The first-order chi connectivity index (χ1) is 10.7. The molecular weight excluding hydrogens is 409 g/mol. The molecule has 1 aromatic carbocycles. The SMILES string of the molecule is CN=C(NCCc1ccc(OC)c(OC)c1OC)NC1CC1.I. The highest BCUT2D eigenvalue weighted by molar-refractivity contribution is 14.0. The molecule has 0 amide bonds. The van der Waals surface area contributed by atoms with Gasteiger partial charge in [0.1, 0.15) is 0 Å². The Morgan fingerprint density at radius 3 is 2.35 bits per heavy atom. The third-order valence-electron chi connectivity index (χ3n) is 3.61. The van der Waals surface area contributed by atoms with E-state index in [1.807, 2.05) is 12.1 Å². The maximum absolute atomic E-state index is 5.49. The number of benzene rings is 1. The maximum atomic E-state index is 5.49. The van der Waals surface area contributed by atoms with Crippen molar-refractivity contribution in [1.29, 1.82) is 0 Å². The third kappa shape index (κ3) is 5.33. The number of nitrogens with one attached hydrogen (secondary N) is 2. The molecule has 0 aromatic heterocycles. The summed E-state index contributed by atoms with van der Waals surface area (Å²) in [4.78, 5) is 4.22. The lowest BCUT2D eigenvalue weighted by molar-refractivity contribution is 0.322. The molecule has 1 aliphatic rings. The van der Waals surface area contributed by atoms with Gasteiger partial charge < -0.3 is 24.8 Å². The lowest BCUT2D eigenvalue weighted by Gasteiger charge is -2.16. The smallest absolute Gasteiger partial charge is 0.203 e. The molecule has 1 fully saturated rings. The fourth-order valence-corrected chi connectivity index (χ4v) is 2.29. The number of hydrogen-bond acceptors (Lipinski definition) is 4. The normalized spacial score (nSPS) is 13.8. The Morgan fingerprint density at radius 1 is 1.13 bits per heavy atom. The molecular formula is C16H26IN3O3. The van der Waals surface area contributed by atoms with Gasteiger partial charge in [0.25, 0.3) is 0 Å². The predicted octanol–water partition coefficient (Wildman–Crippen LogP) is 2.20. The molecule has 130 valence electrons. The molecule has 2 N–H and O–H groups in total. The van der Waals surface area contributed by atoms with Gasteiger partial charge in [0.15, 0.2) is 17.5 Å². The quantitative estimate of drug-likeness (QED) is 0.391. The van der Waals surface area contributed by atoms with Gasteiger partial charge >= 0.3 is 0 Å². The highest BCUT2D eigenvalue weighted by atomic mass is 127. The van der Waals surface area contributed by atoms with E-state index in [0.29, 0.717) is 23.3 Å². The van der Waals surface area contributed by atoms with E-state index in [2.05, 4.69) is 15.6 Å². The van der Waals surface area contributed by atoms with E-state index >= 15 is 0 Å². The molecule has 1 aromatic rings. The summed E-state index contributed by atoms with van der Waals surface area (Å²) in [5.41, 5.74) is 1.06. The number of aliphatic imine (C=N–C) groups is 1. The summed E-state index contributed by atoms with van der Waals surface area (Å²) in [6, 6.07) is 4.48. The van der Waals surface area contributed by atoms with Crippen LogP contribution in [-0.2, 0) is 6.42 Å². The Labute approximate surface area is 155 Å². The van der Waals surface area contributed by atoms with Crippen LogP contribution in [-0.4, -0.2) is 46.9 Å². The monoisotopic (exact) mass is 435 g/mol. The van der Waals surface area contributed by atoms with Crippen molar-refractivity contribution in [3.8, 4) is 17.2 Å². The zero-order valence-electron chi connectivity index (χ0n) is 14.1. The average Bonchev–Trinajstić information content (AvgIpc) is 3.36. The molecule has 2 rings (SSSR count). The van der Waals surface area contributed by atoms with Crippen LogP contribution >= 0.6 is 24.0 Å². The van der Waals surface area contributed by atoms with Gasteiger partial charge in [0.2, 0.25) is 5.75 Å². The Hall–Kier alpha value is -1.38.